The van der Waals surface area contributed by atoms with Crippen molar-refractivity contribution in [3.8, 4) is 11.1 Å². The zero-order chi connectivity index (χ0) is 11.4. The Bertz CT molecular complexity index is 527. The molecule has 0 aliphatic rings. The van der Waals surface area contributed by atoms with Gasteiger partial charge < -0.3 is 20.5 Å². The summed E-state index contributed by atoms with van der Waals surface area (Å²) in [5.41, 5.74) is 2.72. The Labute approximate surface area is 141 Å². The first-order valence-electron chi connectivity index (χ1n) is 4.81. The third-order valence-electron chi connectivity index (χ3n) is 2.35. The Kier molecular flexibility index (Phi) is 14.0. The molecule has 0 heterocycles. The van der Waals surface area contributed by atoms with Crippen LogP contribution in [-0.4, -0.2) is 23.5 Å². The Morgan fingerprint density at radius 1 is 0.700 bits per heavy atom. The molecule has 0 atom stereocenters. The summed E-state index contributed by atoms with van der Waals surface area (Å²) in [5.74, 6) is 0. The van der Waals surface area contributed by atoms with Crippen LogP contribution in [0.25, 0.3) is 11.1 Å². The van der Waals surface area contributed by atoms with E-state index in [-0.39, 0.29) is 48.7 Å². The van der Waals surface area contributed by atoms with Gasteiger partial charge in [0.15, 0.2) is 0 Å². The van der Waals surface area contributed by atoms with E-state index >= 15 is 0 Å². The summed E-state index contributed by atoms with van der Waals surface area (Å²) in [7, 11) is 0. The van der Waals surface area contributed by atoms with E-state index in [9.17, 15) is 9.59 Å². The van der Waals surface area contributed by atoms with Crippen molar-refractivity contribution in [2.75, 3.05) is 0 Å². The van der Waals surface area contributed by atoms with Crippen molar-refractivity contribution >= 4 is 12.6 Å². The van der Waals surface area contributed by atoms with Gasteiger partial charge in [-0.05, 0) is 0 Å². The van der Waals surface area contributed by atoms with Gasteiger partial charge in [0, 0.05) is 0 Å². The standard InChI is InChI=1S/C14H8O2.2Li.2H2O/c15-9-11-5-7-12(8-6-11)14-4-2-1-3-13(14)10-16;;;;/h1-8H;;;2*1H2/q-2;2*+1;;/p-2. The molecule has 0 radical (unpaired) electrons. The molecule has 20 heavy (non-hydrogen) atoms. The molecule has 0 aliphatic carbocycles. The summed E-state index contributed by atoms with van der Waals surface area (Å²) in [6.45, 7) is 0. The van der Waals surface area contributed by atoms with Crippen LogP contribution in [0.4, 0.5) is 0 Å². The normalized spacial score (nSPS) is 7.80. The maximum absolute atomic E-state index is 10.7. The van der Waals surface area contributed by atoms with E-state index in [0.717, 1.165) is 11.1 Å². The van der Waals surface area contributed by atoms with E-state index in [1.54, 1.807) is 42.7 Å². The zero-order valence-corrected chi connectivity index (χ0v) is 11.3. The van der Waals surface area contributed by atoms with Crippen LogP contribution in [-0.2, 0) is 9.59 Å². The molecule has 0 aromatic heterocycles. The van der Waals surface area contributed by atoms with E-state index in [2.05, 4.69) is 0 Å². The molecule has 0 amide bonds. The Morgan fingerprint density at radius 2 is 1.25 bits per heavy atom. The number of rotatable bonds is 3. The minimum atomic E-state index is 0. The average molecular weight is 256 g/mol. The summed E-state index contributed by atoms with van der Waals surface area (Å²) in [4.78, 5) is 21.1. The molecule has 0 fully saturated rings. The van der Waals surface area contributed by atoms with Crippen LogP contribution >= 0.6 is 0 Å². The van der Waals surface area contributed by atoms with Crippen molar-refractivity contribution in [2.24, 2.45) is 0 Å². The predicted octanol–water partition coefficient (Wildman–Crippen LogP) is -4.08. The minimum absolute atomic E-state index is 0. The van der Waals surface area contributed by atoms with E-state index in [4.69, 9.17) is 0 Å². The fraction of sp³-hybridized carbons (Fsp3) is 0. The molecular weight excluding hydrogens is 246 g/mol. The summed E-state index contributed by atoms with van der Waals surface area (Å²) < 4.78 is 0. The summed E-state index contributed by atoms with van der Waals surface area (Å²) in [5, 5.41) is 0. The zero-order valence-electron chi connectivity index (χ0n) is 11.3. The molecule has 0 spiro atoms. The van der Waals surface area contributed by atoms with E-state index in [0.29, 0.717) is 11.1 Å². The smallest absolute Gasteiger partial charge is 0.870 e. The van der Waals surface area contributed by atoms with Crippen LogP contribution in [0.5, 0.6) is 0 Å². The van der Waals surface area contributed by atoms with Crippen molar-refractivity contribution < 1.29 is 58.3 Å². The average Bonchev–Trinajstić information content (AvgIpc) is 2.39. The molecule has 0 saturated carbocycles. The fourth-order valence-corrected chi connectivity index (χ4v) is 1.54. The second-order valence-corrected chi connectivity index (χ2v) is 3.33. The first-order valence-corrected chi connectivity index (χ1v) is 4.81. The molecule has 0 saturated heterocycles. The molecule has 0 aliphatic heterocycles. The maximum atomic E-state index is 10.7. The largest absolute Gasteiger partial charge is 1.00 e. The van der Waals surface area contributed by atoms with E-state index < -0.39 is 0 Å². The van der Waals surface area contributed by atoms with Gasteiger partial charge in [0.05, 0.1) is 12.6 Å². The number of hydrogen-bond donors (Lipinski definition) is 0. The summed E-state index contributed by atoms with van der Waals surface area (Å²) in [6, 6.07) is 14.1. The number of benzene rings is 2. The molecule has 2 rings (SSSR count). The van der Waals surface area contributed by atoms with Crippen LogP contribution in [0.3, 0.4) is 0 Å². The van der Waals surface area contributed by atoms with Gasteiger partial charge in [-0.1, -0.05) is 11.6 Å². The van der Waals surface area contributed by atoms with E-state index in [1.807, 2.05) is 18.4 Å². The molecule has 6 heteroatoms. The summed E-state index contributed by atoms with van der Waals surface area (Å²) >= 11 is 0. The van der Waals surface area contributed by atoms with Gasteiger partial charge in [-0.2, -0.15) is 23.8 Å². The SMILES string of the molecule is O=[C-]c1ccc(-c2ccccc2[C-]=O)cc1.[Li+].[Li+].[OH-].[OH-]. The van der Waals surface area contributed by atoms with Crippen LogP contribution in [0.15, 0.2) is 48.5 Å². The van der Waals surface area contributed by atoms with Crippen molar-refractivity contribution in [1.82, 2.24) is 0 Å². The van der Waals surface area contributed by atoms with Gasteiger partial charge in [0.1, 0.15) is 0 Å². The number of hydrogen-bond acceptors (Lipinski definition) is 4. The quantitative estimate of drug-likeness (QED) is 0.412. The number of carbonyl (C=O) groups excluding carboxylic acids is 2. The first kappa shape index (κ1) is 23.9. The molecule has 94 valence electrons. The predicted molar refractivity (Wildman–Crippen MR) is 65.3 cm³/mol. The second kappa shape index (κ2) is 11.7. The third kappa shape index (κ3) is 5.49. The van der Waals surface area contributed by atoms with Crippen LogP contribution in [0, 0.1) is 0 Å². The fourth-order valence-electron chi connectivity index (χ4n) is 1.54. The van der Waals surface area contributed by atoms with Gasteiger partial charge >= 0.3 is 37.7 Å². The van der Waals surface area contributed by atoms with Gasteiger partial charge in [-0.25, -0.2) is 0 Å². The third-order valence-corrected chi connectivity index (χ3v) is 2.35. The monoisotopic (exact) mass is 256 g/mol. The molecule has 0 bridgehead atoms. The van der Waals surface area contributed by atoms with Gasteiger partial charge in [0.2, 0.25) is 0 Å². The molecule has 0 unspecified atom stereocenters. The van der Waals surface area contributed by atoms with Crippen molar-refractivity contribution in [1.29, 1.82) is 0 Å². The van der Waals surface area contributed by atoms with Crippen LogP contribution in [0.1, 0.15) is 11.1 Å². The van der Waals surface area contributed by atoms with Gasteiger partial charge in [-0.15, -0.1) is 35.4 Å². The Balaban J connectivity index is -0.000000722. The first-order chi connectivity index (χ1) is 7.85. The van der Waals surface area contributed by atoms with Crippen molar-refractivity contribution in [2.45, 2.75) is 0 Å². The second-order valence-electron chi connectivity index (χ2n) is 3.33. The molecule has 2 aromatic carbocycles. The molecule has 2 N–H and O–H groups in total. The topological polar surface area (TPSA) is 94.1 Å². The van der Waals surface area contributed by atoms with Gasteiger partial charge in [0.25, 0.3) is 0 Å². The Hall–Kier alpha value is -1.11. The Morgan fingerprint density at radius 3 is 1.75 bits per heavy atom. The molecule has 2 aromatic rings. The van der Waals surface area contributed by atoms with Gasteiger partial charge in [-0.3, -0.25) is 0 Å². The molecule has 4 nitrogen and oxygen atoms in total. The van der Waals surface area contributed by atoms with Crippen LogP contribution in [0.2, 0.25) is 0 Å². The summed E-state index contributed by atoms with van der Waals surface area (Å²) in [6.07, 6.45) is 3.70. The maximum Gasteiger partial charge on any atom is 1.00 e. The minimum Gasteiger partial charge on any atom is -0.870 e. The van der Waals surface area contributed by atoms with E-state index in [1.165, 1.54) is 0 Å². The van der Waals surface area contributed by atoms with Crippen LogP contribution < -0.4 is 37.7 Å². The van der Waals surface area contributed by atoms with Crippen molar-refractivity contribution in [3.63, 3.8) is 0 Å². The van der Waals surface area contributed by atoms with Crippen molar-refractivity contribution in [3.05, 3.63) is 59.7 Å². The molecular formula is C14H10Li2O4-2.